The predicted octanol–water partition coefficient (Wildman–Crippen LogP) is 7.05. The van der Waals surface area contributed by atoms with Crippen LogP contribution in [0.3, 0.4) is 0 Å². The van der Waals surface area contributed by atoms with Crippen LogP contribution in [0, 0.1) is 5.82 Å². The Morgan fingerprint density at radius 3 is 2.17 bits per heavy atom. The highest BCUT2D eigenvalue weighted by molar-refractivity contribution is 5.90. The summed E-state index contributed by atoms with van der Waals surface area (Å²) in [7, 11) is 0. The second-order valence-electron chi connectivity index (χ2n) is 8.60. The number of aliphatic hydroxyl groups excluding tert-OH is 1. The van der Waals surface area contributed by atoms with Crippen molar-refractivity contribution in [1.29, 1.82) is 0 Å². The molecule has 3 aromatic carbocycles. The summed E-state index contributed by atoms with van der Waals surface area (Å²) in [6.45, 7) is 4.76. The van der Waals surface area contributed by atoms with Crippen LogP contribution in [0.4, 0.5) is 17.6 Å². The maximum absolute atomic E-state index is 15.0. The SMILES string of the molecule is CCOC(COc1ccc([C@@H](O)c2c(-c3ccc(C(F)(F)F)cc3F)cnc3cc(O)ccc23)cc1)OCC.Cl. The first kappa shape index (κ1) is 31.1. The molecule has 1 atom stereocenters. The first-order valence-corrected chi connectivity index (χ1v) is 12.2. The smallest absolute Gasteiger partial charge is 0.416 e. The number of aromatic nitrogens is 1. The van der Waals surface area contributed by atoms with Gasteiger partial charge in [0.05, 0.1) is 11.1 Å². The van der Waals surface area contributed by atoms with Crippen LogP contribution in [0.25, 0.3) is 22.0 Å². The summed E-state index contributed by atoms with van der Waals surface area (Å²) < 4.78 is 71.0. The van der Waals surface area contributed by atoms with Crippen molar-refractivity contribution in [3.05, 3.63) is 89.4 Å². The minimum atomic E-state index is -4.71. The predicted molar refractivity (Wildman–Crippen MR) is 144 cm³/mol. The van der Waals surface area contributed by atoms with Gasteiger partial charge in [0.1, 0.15) is 30.0 Å². The van der Waals surface area contributed by atoms with E-state index in [1.165, 1.54) is 24.4 Å². The van der Waals surface area contributed by atoms with Gasteiger partial charge in [0.2, 0.25) is 0 Å². The normalized spacial score (nSPS) is 12.4. The third-order valence-electron chi connectivity index (χ3n) is 6.04. The topological polar surface area (TPSA) is 81.0 Å². The standard InChI is InChI=1S/C29H27F4NO5.ClH/c1-3-37-26(38-4-2)16-39-20-9-5-17(6-10-20)28(36)27-22-12-8-19(35)14-25(22)34-15-23(27)21-11-7-18(13-24(21)30)29(31,32)33;/h5-15,26,28,35-36H,3-4,16H2,1-2H3;1H/t28-;/m1./s1. The highest BCUT2D eigenvalue weighted by Crippen LogP contribution is 2.40. The van der Waals surface area contributed by atoms with E-state index in [1.54, 1.807) is 24.3 Å². The van der Waals surface area contributed by atoms with Gasteiger partial charge in [0, 0.05) is 47.6 Å². The molecule has 0 fully saturated rings. The third kappa shape index (κ3) is 7.00. The fourth-order valence-electron chi connectivity index (χ4n) is 4.22. The monoisotopic (exact) mass is 581 g/mol. The quantitative estimate of drug-likeness (QED) is 0.154. The Morgan fingerprint density at radius 2 is 1.57 bits per heavy atom. The fourth-order valence-corrected chi connectivity index (χ4v) is 4.22. The molecular formula is C29H28ClF4NO5. The lowest BCUT2D eigenvalue weighted by molar-refractivity contribution is -0.152. The first-order valence-electron chi connectivity index (χ1n) is 12.2. The van der Waals surface area contributed by atoms with Gasteiger partial charge in [-0.2, -0.15) is 13.2 Å². The number of benzene rings is 3. The van der Waals surface area contributed by atoms with Crippen molar-refractivity contribution in [2.45, 2.75) is 32.4 Å². The second-order valence-corrected chi connectivity index (χ2v) is 8.60. The van der Waals surface area contributed by atoms with Gasteiger partial charge >= 0.3 is 6.18 Å². The van der Waals surface area contributed by atoms with Crippen molar-refractivity contribution in [3.63, 3.8) is 0 Å². The van der Waals surface area contributed by atoms with Crippen molar-refractivity contribution >= 4 is 23.3 Å². The van der Waals surface area contributed by atoms with Crippen LogP contribution in [0.1, 0.15) is 36.6 Å². The summed E-state index contributed by atoms with van der Waals surface area (Å²) >= 11 is 0. The van der Waals surface area contributed by atoms with E-state index in [9.17, 15) is 23.4 Å². The summed E-state index contributed by atoms with van der Waals surface area (Å²) in [5.41, 5.74) is -0.211. The molecule has 40 heavy (non-hydrogen) atoms. The van der Waals surface area contributed by atoms with E-state index in [2.05, 4.69) is 4.98 Å². The lowest BCUT2D eigenvalue weighted by atomic mass is 9.90. The molecule has 6 nitrogen and oxygen atoms in total. The molecule has 0 saturated heterocycles. The van der Waals surface area contributed by atoms with Gasteiger partial charge in [-0.1, -0.05) is 18.2 Å². The highest BCUT2D eigenvalue weighted by Gasteiger charge is 2.32. The van der Waals surface area contributed by atoms with E-state index >= 15 is 4.39 Å². The van der Waals surface area contributed by atoms with Gasteiger partial charge in [-0.3, -0.25) is 4.98 Å². The van der Waals surface area contributed by atoms with Crippen molar-refractivity contribution in [1.82, 2.24) is 4.98 Å². The number of phenolic OH excluding ortho intramolecular Hbond substituents is 1. The van der Waals surface area contributed by atoms with Gasteiger partial charge in [-0.25, -0.2) is 4.39 Å². The van der Waals surface area contributed by atoms with Crippen LogP contribution in [-0.4, -0.2) is 41.3 Å². The molecule has 0 bridgehead atoms. The Balaban J connectivity index is 0.00000441. The molecule has 1 heterocycles. The number of hydrogen-bond donors (Lipinski definition) is 2. The number of pyridine rings is 1. The number of hydrogen-bond acceptors (Lipinski definition) is 6. The molecule has 0 aliphatic rings. The molecular weight excluding hydrogens is 554 g/mol. The molecule has 0 aliphatic heterocycles. The van der Waals surface area contributed by atoms with E-state index < -0.39 is 30.0 Å². The molecule has 0 unspecified atom stereocenters. The summed E-state index contributed by atoms with van der Waals surface area (Å²) in [6.07, 6.45) is -5.29. The Kier molecular flexibility index (Phi) is 10.3. The average molecular weight is 582 g/mol. The number of alkyl halides is 3. The molecule has 4 rings (SSSR count). The van der Waals surface area contributed by atoms with Crippen LogP contribution in [-0.2, 0) is 15.7 Å². The Hall–Kier alpha value is -3.44. The Bertz CT molecular complexity index is 1430. The zero-order valence-corrected chi connectivity index (χ0v) is 22.4. The average Bonchev–Trinajstić information content (AvgIpc) is 2.90. The van der Waals surface area contributed by atoms with Crippen molar-refractivity contribution < 1.29 is 42.0 Å². The summed E-state index contributed by atoms with van der Waals surface area (Å²) in [4.78, 5) is 4.25. The van der Waals surface area contributed by atoms with E-state index in [1.807, 2.05) is 13.8 Å². The van der Waals surface area contributed by atoms with Crippen LogP contribution >= 0.6 is 12.4 Å². The Labute approximate surface area is 234 Å². The molecule has 0 spiro atoms. The van der Waals surface area contributed by atoms with Gasteiger partial charge in [-0.05, 0) is 55.8 Å². The van der Waals surface area contributed by atoms with Crippen molar-refractivity contribution in [3.8, 4) is 22.6 Å². The molecule has 0 saturated carbocycles. The van der Waals surface area contributed by atoms with Gasteiger partial charge in [-0.15, -0.1) is 12.4 Å². The summed E-state index contributed by atoms with van der Waals surface area (Å²) in [5.74, 6) is -0.684. The maximum Gasteiger partial charge on any atom is 0.416 e. The van der Waals surface area contributed by atoms with Crippen molar-refractivity contribution in [2.24, 2.45) is 0 Å². The molecule has 1 aromatic heterocycles. The van der Waals surface area contributed by atoms with Crippen LogP contribution in [0.5, 0.6) is 11.5 Å². The minimum Gasteiger partial charge on any atom is -0.508 e. The van der Waals surface area contributed by atoms with E-state index in [4.69, 9.17) is 14.2 Å². The molecule has 0 amide bonds. The lowest BCUT2D eigenvalue weighted by Crippen LogP contribution is -2.25. The molecule has 0 aliphatic carbocycles. The van der Waals surface area contributed by atoms with Crippen LogP contribution in [0.15, 0.2) is 66.9 Å². The number of aliphatic hydroxyl groups is 1. The zero-order valence-electron chi connectivity index (χ0n) is 21.6. The molecule has 0 radical (unpaired) electrons. The van der Waals surface area contributed by atoms with Crippen molar-refractivity contribution in [2.75, 3.05) is 19.8 Å². The molecule has 214 valence electrons. The number of rotatable bonds is 10. The fraction of sp³-hybridized carbons (Fsp3) is 0.276. The lowest BCUT2D eigenvalue weighted by Gasteiger charge is -2.20. The van der Waals surface area contributed by atoms with Gasteiger partial charge in [0.25, 0.3) is 0 Å². The molecule has 11 heteroatoms. The van der Waals surface area contributed by atoms with E-state index in [0.29, 0.717) is 41.5 Å². The summed E-state index contributed by atoms with van der Waals surface area (Å²) in [6, 6.07) is 13.0. The minimum absolute atomic E-state index is 0. The number of halogens is 5. The van der Waals surface area contributed by atoms with E-state index in [0.717, 1.165) is 12.1 Å². The van der Waals surface area contributed by atoms with Crippen LogP contribution in [0.2, 0.25) is 0 Å². The maximum atomic E-state index is 15.0. The number of ether oxygens (including phenoxy) is 3. The number of aromatic hydroxyl groups is 1. The zero-order chi connectivity index (χ0) is 28.2. The third-order valence-corrected chi connectivity index (χ3v) is 6.04. The van der Waals surface area contributed by atoms with Crippen LogP contribution < -0.4 is 4.74 Å². The van der Waals surface area contributed by atoms with Gasteiger partial charge < -0.3 is 24.4 Å². The highest BCUT2D eigenvalue weighted by atomic mass is 35.5. The largest absolute Gasteiger partial charge is 0.508 e. The molecule has 4 aromatic rings. The molecule has 2 N–H and O–H groups in total. The van der Waals surface area contributed by atoms with Gasteiger partial charge in [0.15, 0.2) is 6.29 Å². The second kappa shape index (κ2) is 13.3. The number of nitrogens with zero attached hydrogens (tertiary/aromatic N) is 1. The summed E-state index contributed by atoms with van der Waals surface area (Å²) in [5, 5.41) is 21.7. The number of fused-ring (bicyclic) bond motifs is 1. The Morgan fingerprint density at radius 1 is 0.900 bits per heavy atom. The van der Waals surface area contributed by atoms with E-state index in [-0.39, 0.29) is 41.5 Å². The number of phenols is 1. The first-order chi connectivity index (χ1) is 18.6.